The van der Waals surface area contributed by atoms with Gasteiger partial charge < -0.3 is 10.2 Å². The van der Waals surface area contributed by atoms with E-state index in [9.17, 15) is 14.4 Å². The van der Waals surface area contributed by atoms with Crippen molar-refractivity contribution in [3.8, 4) is 0 Å². The summed E-state index contributed by atoms with van der Waals surface area (Å²) in [6.45, 7) is 4.48. The predicted octanol–water partition coefficient (Wildman–Crippen LogP) is 0.885. The minimum Gasteiger partial charge on any atom is -0.319 e. The number of hydrogen-bond acceptors (Lipinski definition) is 5. The van der Waals surface area contributed by atoms with E-state index in [4.69, 9.17) is 0 Å². The molecule has 0 radical (unpaired) electrons. The normalized spacial score (nSPS) is 23.4. The number of piperazine rings is 1. The highest BCUT2D eigenvalue weighted by atomic mass is 16.2. The molecular formula is C21H25N5O3. The third kappa shape index (κ3) is 3.68. The predicted molar refractivity (Wildman–Crippen MR) is 109 cm³/mol. The molecule has 4 amide bonds. The fraction of sp³-hybridized carbons (Fsp3) is 0.381. The summed E-state index contributed by atoms with van der Waals surface area (Å²) in [5.41, 5.74) is 2.28. The molecule has 2 fully saturated rings. The Morgan fingerprint density at radius 2 is 1.76 bits per heavy atom. The molecule has 2 heterocycles. The van der Waals surface area contributed by atoms with Crippen LogP contribution >= 0.6 is 0 Å². The summed E-state index contributed by atoms with van der Waals surface area (Å²) in [5, 5.41) is 6.63. The number of likely N-dealkylation sites (N-methyl/N-ethyl adjacent to an activating group) is 1. The summed E-state index contributed by atoms with van der Waals surface area (Å²) in [6, 6.07) is 13.0. The van der Waals surface area contributed by atoms with E-state index in [0.29, 0.717) is 18.7 Å². The number of rotatable bonds is 4. The number of benzene rings is 2. The molecule has 0 aliphatic carbocycles. The molecule has 1 atom stereocenters. The summed E-state index contributed by atoms with van der Waals surface area (Å²) in [5.74, 6) is -0.799. The fourth-order valence-corrected chi connectivity index (χ4v) is 3.81. The van der Waals surface area contributed by atoms with Gasteiger partial charge >= 0.3 is 6.03 Å². The van der Waals surface area contributed by atoms with E-state index in [0.717, 1.165) is 28.8 Å². The van der Waals surface area contributed by atoms with Gasteiger partial charge in [0.15, 0.2) is 0 Å². The number of urea groups is 1. The second kappa shape index (κ2) is 7.46. The van der Waals surface area contributed by atoms with Crippen molar-refractivity contribution in [1.29, 1.82) is 0 Å². The van der Waals surface area contributed by atoms with E-state index in [1.165, 1.54) is 0 Å². The molecule has 8 nitrogen and oxygen atoms in total. The first-order valence-electron chi connectivity index (χ1n) is 9.73. The van der Waals surface area contributed by atoms with Crippen LogP contribution in [0.5, 0.6) is 0 Å². The molecule has 0 unspecified atom stereocenters. The van der Waals surface area contributed by atoms with Crippen LogP contribution in [0.3, 0.4) is 0 Å². The topological polar surface area (TPSA) is 85.0 Å². The Hall–Kier alpha value is -2.97. The molecule has 29 heavy (non-hydrogen) atoms. The first kappa shape index (κ1) is 19.4. The number of nitrogens with one attached hydrogen (secondary N) is 2. The van der Waals surface area contributed by atoms with E-state index in [1.54, 1.807) is 6.92 Å². The average molecular weight is 395 g/mol. The zero-order valence-corrected chi connectivity index (χ0v) is 16.6. The summed E-state index contributed by atoms with van der Waals surface area (Å²) in [6.07, 6.45) is 0. The minimum atomic E-state index is -1.20. The van der Waals surface area contributed by atoms with Gasteiger partial charge in [0.1, 0.15) is 12.1 Å². The molecule has 4 rings (SSSR count). The summed E-state index contributed by atoms with van der Waals surface area (Å²) < 4.78 is 0. The second-order valence-electron chi connectivity index (χ2n) is 7.83. The maximum atomic E-state index is 13.1. The molecule has 2 aliphatic rings. The van der Waals surface area contributed by atoms with Gasteiger partial charge in [0, 0.05) is 26.2 Å². The van der Waals surface area contributed by atoms with Crippen LogP contribution in [0.2, 0.25) is 0 Å². The lowest BCUT2D eigenvalue weighted by Crippen LogP contribution is -2.54. The van der Waals surface area contributed by atoms with Crippen LogP contribution in [0.4, 0.5) is 4.79 Å². The third-order valence-corrected chi connectivity index (χ3v) is 5.69. The molecule has 2 N–H and O–H groups in total. The molecule has 2 aromatic rings. The lowest BCUT2D eigenvalue weighted by molar-refractivity contribution is -0.136. The lowest BCUT2D eigenvalue weighted by atomic mass is 9.90. The van der Waals surface area contributed by atoms with E-state index >= 15 is 0 Å². The monoisotopic (exact) mass is 395 g/mol. The van der Waals surface area contributed by atoms with Crippen LogP contribution in [-0.4, -0.2) is 72.4 Å². The zero-order chi connectivity index (χ0) is 20.6. The number of nitrogens with zero attached hydrogens (tertiary/aromatic N) is 3. The van der Waals surface area contributed by atoms with Gasteiger partial charge in [0.25, 0.3) is 11.8 Å². The zero-order valence-electron chi connectivity index (χ0n) is 16.6. The Morgan fingerprint density at radius 3 is 2.48 bits per heavy atom. The van der Waals surface area contributed by atoms with Gasteiger partial charge in [0.05, 0.1) is 0 Å². The van der Waals surface area contributed by atoms with Crippen LogP contribution in [0.15, 0.2) is 42.5 Å². The molecule has 8 heteroatoms. The Kier molecular flexibility index (Phi) is 4.97. The van der Waals surface area contributed by atoms with Crippen molar-refractivity contribution in [2.24, 2.45) is 0 Å². The van der Waals surface area contributed by atoms with Crippen molar-refractivity contribution in [3.63, 3.8) is 0 Å². The molecule has 0 saturated carbocycles. The maximum absolute atomic E-state index is 13.1. The standard InChI is InChI=1S/C21H25N5O3/c1-21(17-8-7-15-5-3-4-6-16(15)13-17)19(28)26(20(29)22-21)14-18(27)23-25-11-9-24(2)10-12-25/h3-8,13H,9-12,14H2,1-2H3,(H,22,29)(H,23,27)/t21-/m1/s1. The van der Waals surface area contributed by atoms with E-state index < -0.39 is 17.5 Å². The van der Waals surface area contributed by atoms with E-state index in [-0.39, 0.29) is 12.5 Å². The van der Waals surface area contributed by atoms with Crippen LogP contribution in [-0.2, 0) is 15.1 Å². The van der Waals surface area contributed by atoms with Gasteiger partial charge in [-0.05, 0) is 36.4 Å². The average Bonchev–Trinajstić information content (AvgIpc) is 2.93. The van der Waals surface area contributed by atoms with Crippen molar-refractivity contribution < 1.29 is 14.4 Å². The molecule has 2 aliphatic heterocycles. The number of hydrazine groups is 1. The number of carbonyl (C=O) groups excluding carboxylic acids is 3. The number of fused-ring (bicyclic) bond motifs is 1. The van der Waals surface area contributed by atoms with Gasteiger partial charge in [0.2, 0.25) is 0 Å². The van der Waals surface area contributed by atoms with Crippen LogP contribution in [0.25, 0.3) is 10.8 Å². The molecule has 0 aromatic heterocycles. The van der Waals surface area contributed by atoms with E-state index in [1.807, 2.05) is 54.5 Å². The third-order valence-electron chi connectivity index (χ3n) is 5.69. The Balaban J connectivity index is 1.48. The van der Waals surface area contributed by atoms with Crippen LogP contribution in [0.1, 0.15) is 12.5 Å². The molecule has 152 valence electrons. The quantitative estimate of drug-likeness (QED) is 0.751. The highest BCUT2D eigenvalue weighted by Gasteiger charge is 2.49. The minimum absolute atomic E-state index is 0.305. The van der Waals surface area contributed by atoms with Gasteiger partial charge in [-0.2, -0.15) is 0 Å². The number of amides is 4. The smallest absolute Gasteiger partial charge is 0.319 e. The lowest BCUT2D eigenvalue weighted by Gasteiger charge is -2.32. The summed E-state index contributed by atoms with van der Waals surface area (Å²) in [7, 11) is 2.03. The highest BCUT2D eigenvalue weighted by molar-refractivity contribution is 6.09. The Bertz CT molecular complexity index is 970. The molecule has 0 bridgehead atoms. The van der Waals surface area contributed by atoms with Crippen molar-refractivity contribution in [3.05, 3.63) is 48.0 Å². The van der Waals surface area contributed by atoms with Crippen LogP contribution < -0.4 is 10.7 Å². The number of hydrogen-bond donors (Lipinski definition) is 2. The molecular weight excluding hydrogens is 370 g/mol. The largest absolute Gasteiger partial charge is 0.325 e. The first-order valence-corrected chi connectivity index (χ1v) is 9.73. The van der Waals surface area contributed by atoms with Gasteiger partial charge in [-0.15, -0.1) is 0 Å². The molecule has 0 spiro atoms. The summed E-state index contributed by atoms with van der Waals surface area (Å²) in [4.78, 5) is 41.2. The highest BCUT2D eigenvalue weighted by Crippen LogP contribution is 2.30. The van der Waals surface area contributed by atoms with Crippen molar-refractivity contribution in [1.82, 2.24) is 25.6 Å². The fourth-order valence-electron chi connectivity index (χ4n) is 3.81. The van der Waals surface area contributed by atoms with Crippen molar-refractivity contribution in [2.75, 3.05) is 39.8 Å². The SMILES string of the molecule is CN1CCN(NC(=O)CN2C(=O)N[C@](C)(c3ccc4ccccc4c3)C2=O)CC1. The number of carbonyl (C=O) groups is 3. The Labute approximate surface area is 169 Å². The van der Waals surface area contributed by atoms with Crippen molar-refractivity contribution >= 4 is 28.6 Å². The number of imide groups is 1. The van der Waals surface area contributed by atoms with Crippen LogP contribution in [0, 0.1) is 0 Å². The van der Waals surface area contributed by atoms with E-state index in [2.05, 4.69) is 15.6 Å². The maximum Gasteiger partial charge on any atom is 0.325 e. The molecule has 2 aromatic carbocycles. The summed E-state index contributed by atoms with van der Waals surface area (Å²) >= 11 is 0. The molecule has 2 saturated heterocycles. The second-order valence-corrected chi connectivity index (χ2v) is 7.83. The van der Waals surface area contributed by atoms with Crippen molar-refractivity contribution in [2.45, 2.75) is 12.5 Å². The Morgan fingerprint density at radius 1 is 1.07 bits per heavy atom. The van der Waals surface area contributed by atoms with Gasteiger partial charge in [-0.25, -0.2) is 9.80 Å². The van der Waals surface area contributed by atoms with Gasteiger partial charge in [-0.3, -0.25) is 19.9 Å². The first-order chi connectivity index (χ1) is 13.9. The van der Waals surface area contributed by atoms with Gasteiger partial charge in [-0.1, -0.05) is 36.4 Å².